The van der Waals surface area contributed by atoms with Crippen molar-refractivity contribution in [3.8, 4) is 5.75 Å². The molecule has 6 nitrogen and oxygen atoms in total. The Bertz CT molecular complexity index is 792. The fourth-order valence-corrected chi connectivity index (χ4v) is 3.22. The maximum Gasteiger partial charge on any atom is 0.410 e. The number of nitrogens with one attached hydrogen (secondary N) is 1. The van der Waals surface area contributed by atoms with E-state index in [1.807, 2.05) is 61.5 Å². The molecule has 0 spiro atoms. The van der Waals surface area contributed by atoms with Gasteiger partial charge in [-0.1, -0.05) is 42.5 Å². The summed E-state index contributed by atoms with van der Waals surface area (Å²) in [6.45, 7) is 4.85. The van der Waals surface area contributed by atoms with Crippen molar-refractivity contribution in [2.45, 2.75) is 39.0 Å². The van der Waals surface area contributed by atoms with Gasteiger partial charge < -0.3 is 19.7 Å². The lowest BCUT2D eigenvalue weighted by Crippen LogP contribution is -2.31. The van der Waals surface area contributed by atoms with Crippen molar-refractivity contribution < 1.29 is 19.1 Å². The maximum atomic E-state index is 12.2. The number of nitrogens with zero attached hydrogens (tertiary/aromatic N) is 1. The zero-order chi connectivity index (χ0) is 19.9. The highest BCUT2D eigenvalue weighted by atomic mass is 16.6. The number of hydrogen-bond donors (Lipinski definition) is 1. The second-order valence-electron chi connectivity index (χ2n) is 7.01. The molecule has 2 aromatic rings. The summed E-state index contributed by atoms with van der Waals surface area (Å²) in [6, 6.07) is 17.3. The summed E-state index contributed by atoms with van der Waals surface area (Å²) in [6.07, 6.45) is 0.405. The molecule has 28 heavy (non-hydrogen) atoms. The standard InChI is InChI=1S/C22H26N2O4/c1-16(23-17(2)25)19-8-10-20(11-9-19)28-21-12-13-24(14-21)22(26)27-15-18-6-4-3-5-7-18/h3-11,16,21H,12-15H2,1-2H3,(H,23,25). The zero-order valence-electron chi connectivity index (χ0n) is 16.3. The predicted octanol–water partition coefficient (Wildman–Crippen LogP) is 3.67. The SMILES string of the molecule is CC(=O)NC(C)c1ccc(OC2CCN(C(=O)OCc3ccccc3)C2)cc1. The number of ether oxygens (including phenoxy) is 2. The van der Waals surface area contributed by atoms with Crippen LogP contribution in [0.15, 0.2) is 54.6 Å². The molecule has 0 saturated carbocycles. The van der Waals surface area contributed by atoms with E-state index in [1.165, 1.54) is 6.92 Å². The van der Waals surface area contributed by atoms with Crippen LogP contribution in [0, 0.1) is 0 Å². The first-order chi connectivity index (χ1) is 13.5. The largest absolute Gasteiger partial charge is 0.489 e. The topological polar surface area (TPSA) is 67.9 Å². The summed E-state index contributed by atoms with van der Waals surface area (Å²) in [5, 5.41) is 2.86. The van der Waals surface area contributed by atoms with Crippen molar-refractivity contribution in [1.82, 2.24) is 10.2 Å². The normalized spacial score (nSPS) is 17.1. The second kappa shape index (κ2) is 9.26. The summed E-state index contributed by atoms with van der Waals surface area (Å²) in [7, 11) is 0. The first-order valence-corrected chi connectivity index (χ1v) is 9.50. The van der Waals surface area contributed by atoms with E-state index in [2.05, 4.69) is 5.32 Å². The zero-order valence-corrected chi connectivity index (χ0v) is 16.3. The van der Waals surface area contributed by atoms with Crippen molar-refractivity contribution in [1.29, 1.82) is 0 Å². The minimum atomic E-state index is -0.311. The van der Waals surface area contributed by atoms with Crippen LogP contribution in [0.25, 0.3) is 0 Å². The second-order valence-corrected chi connectivity index (χ2v) is 7.01. The van der Waals surface area contributed by atoms with E-state index in [9.17, 15) is 9.59 Å². The first kappa shape index (κ1) is 19.7. The molecule has 6 heteroatoms. The Morgan fingerprint density at radius 1 is 1.14 bits per heavy atom. The van der Waals surface area contributed by atoms with E-state index in [4.69, 9.17) is 9.47 Å². The number of rotatable bonds is 6. The van der Waals surface area contributed by atoms with Gasteiger partial charge in [-0.05, 0) is 30.2 Å². The molecule has 2 aromatic carbocycles. The fraction of sp³-hybridized carbons (Fsp3) is 0.364. The van der Waals surface area contributed by atoms with Crippen LogP contribution in [0.1, 0.15) is 37.4 Å². The van der Waals surface area contributed by atoms with Gasteiger partial charge in [-0.15, -0.1) is 0 Å². The third-order valence-corrected chi connectivity index (χ3v) is 4.71. The Balaban J connectivity index is 1.46. The third kappa shape index (κ3) is 5.49. The minimum Gasteiger partial charge on any atom is -0.489 e. The van der Waals surface area contributed by atoms with Crippen LogP contribution in [-0.4, -0.2) is 36.1 Å². The van der Waals surface area contributed by atoms with E-state index in [-0.39, 0.29) is 30.8 Å². The third-order valence-electron chi connectivity index (χ3n) is 4.71. The Kier molecular flexibility index (Phi) is 6.53. The lowest BCUT2D eigenvalue weighted by Gasteiger charge is -2.18. The summed E-state index contributed by atoms with van der Waals surface area (Å²) >= 11 is 0. The van der Waals surface area contributed by atoms with Gasteiger partial charge in [0.25, 0.3) is 0 Å². The minimum absolute atomic E-state index is 0.0482. The molecule has 148 valence electrons. The Labute approximate surface area is 165 Å². The monoisotopic (exact) mass is 382 g/mol. The Morgan fingerprint density at radius 2 is 1.86 bits per heavy atom. The molecule has 0 aliphatic carbocycles. The van der Waals surface area contributed by atoms with E-state index < -0.39 is 0 Å². The van der Waals surface area contributed by atoms with Gasteiger partial charge >= 0.3 is 6.09 Å². The molecular formula is C22H26N2O4. The van der Waals surface area contributed by atoms with E-state index in [0.717, 1.165) is 23.3 Å². The van der Waals surface area contributed by atoms with Gasteiger partial charge in [0.05, 0.1) is 12.6 Å². The van der Waals surface area contributed by atoms with Gasteiger partial charge in [-0.25, -0.2) is 4.79 Å². The number of carbonyl (C=O) groups excluding carboxylic acids is 2. The maximum absolute atomic E-state index is 12.2. The van der Waals surface area contributed by atoms with Crippen LogP contribution < -0.4 is 10.1 Å². The Morgan fingerprint density at radius 3 is 2.54 bits per heavy atom. The van der Waals surface area contributed by atoms with Gasteiger partial charge in [-0.2, -0.15) is 0 Å². The van der Waals surface area contributed by atoms with Crippen LogP contribution in [0.5, 0.6) is 5.75 Å². The molecule has 1 aliphatic heterocycles. The van der Waals surface area contributed by atoms with Crippen molar-refractivity contribution in [3.63, 3.8) is 0 Å². The molecule has 2 atom stereocenters. The highest BCUT2D eigenvalue weighted by molar-refractivity contribution is 5.73. The average Bonchev–Trinajstić information content (AvgIpc) is 3.15. The van der Waals surface area contributed by atoms with Crippen molar-refractivity contribution in [3.05, 3.63) is 65.7 Å². The fourth-order valence-electron chi connectivity index (χ4n) is 3.22. The highest BCUT2D eigenvalue weighted by Gasteiger charge is 2.28. The average molecular weight is 382 g/mol. The molecule has 1 aliphatic rings. The molecule has 0 aromatic heterocycles. The smallest absolute Gasteiger partial charge is 0.410 e. The van der Waals surface area contributed by atoms with Gasteiger partial charge in [-0.3, -0.25) is 4.79 Å². The summed E-state index contributed by atoms with van der Waals surface area (Å²) in [5.74, 6) is 0.696. The highest BCUT2D eigenvalue weighted by Crippen LogP contribution is 2.22. The lowest BCUT2D eigenvalue weighted by atomic mass is 10.1. The van der Waals surface area contributed by atoms with Gasteiger partial charge in [0.15, 0.2) is 0 Å². The van der Waals surface area contributed by atoms with Crippen LogP contribution in [0.2, 0.25) is 0 Å². The quantitative estimate of drug-likeness (QED) is 0.828. The molecule has 2 amide bonds. The first-order valence-electron chi connectivity index (χ1n) is 9.50. The lowest BCUT2D eigenvalue weighted by molar-refractivity contribution is -0.119. The van der Waals surface area contributed by atoms with Crippen LogP contribution in [0.3, 0.4) is 0 Å². The molecule has 2 unspecified atom stereocenters. The van der Waals surface area contributed by atoms with E-state index >= 15 is 0 Å². The summed E-state index contributed by atoms with van der Waals surface area (Å²) in [4.78, 5) is 25.1. The van der Waals surface area contributed by atoms with Crippen LogP contribution in [0.4, 0.5) is 4.79 Å². The van der Waals surface area contributed by atoms with E-state index in [1.54, 1.807) is 4.90 Å². The van der Waals surface area contributed by atoms with Crippen LogP contribution in [-0.2, 0) is 16.1 Å². The summed E-state index contributed by atoms with van der Waals surface area (Å²) in [5.41, 5.74) is 1.98. The van der Waals surface area contributed by atoms with Gasteiger partial charge in [0.1, 0.15) is 18.5 Å². The number of benzene rings is 2. The summed E-state index contributed by atoms with van der Waals surface area (Å²) < 4.78 is 11.4. The molecule has 3 rings (SSSR count). The van der Waals surface area contributed by atoms with Crippen molar-refractivity contribution in [2.24, 2.45) is 0 Å². The van der Waals surface area contributed by atoms with E-state index in [0.29, 0.717) is 13.1 Å². The molecule has 1 saturated heterocycles. The number of amides is 2. The molecule has 1 fully saturated rings. The molecule has 0 bridgehead atoms. The van der Waals surface area contributed by atoms with Crippen LogP contribution >= 0.6 is 0 Å². The molecule has 1 N–H and O–H groups in total. The van der Waals surface area contributed by atoms with Crippen molar-refractivity contribution >= 4 is 12.0 Å². The molecule has 0 radical (unpaired) electrons. The molecule has 1 heterocycles. The predicted molar refractivity (Wildman–Crippen MR) is 106 cm³/mol. The van der Waals surface area contributed by atoms with Gasteiger partial charge in [0, 0.05) is 19.9 Å². The number of carbonyl (C=O) groups is 2. The van der Waals surface area contributed by atoms with Crippen molar-refractivity contribution in [2.75, 3.05) is 13.1 Å². The number of hydrogen-bond acceptors (Lipinski definition) is 4. The molecular weight excluding hydrogens is 356 g/mol. The number of likely N-dealkylation sites (tertiary alicyclic amines) is 1. The van der Waals surface area contributed by atoms with Gasteiger partial charge in [0.2, 0.25) is 5.91 Å². The Hall–Kier alpha value is -3.02.